The number of nitrogens with one attached hydrogen (secondary N) is 1. The molecule has 6 heteroatoms. The number of carbonyl (C=O) groups is 2. The smallest absolute Gasteiger partial charge is 0.238 e. The molecule has 2 aromatic rings. The van der Waals surface area contributed by atoms with Crippen LogP contribution in [0.3, 0.4) is 0 Å². The van der Waals surface area contributed by atoms with Crippen LogP contribution in [0.4, 0.5) is 5.69 Å². The Bertz CT molecular complexity index is 745. The zero-order valence-corrected chi connectivity index (χ0v) is 16.1. The quantitative estimate of drug-likeness (QED) is 0.811. The van der Waals surface area contributed by atoms with Crippen LogP contribution in [0.25, 0.3) is 0 Å². The fraction of sp³-hybridized carbons (Fsp3) is 0.300. The Balaban J connectivity index is 1.79. The molecule has 0 atom stereocenters. The SMILES string of the molecule is Cc1ccc(NC(=O)CN(C)CC(=O)N(C)Cc2ccc(Cl)cc2)cc1. The maximum Gasteiger partial charge on any atom is 0.238 e. The van der Waals surface area contributed by atoms with E-state index in [2.05, 4.69) is 5.32 Å². The lowest BCUT2D eigenvalue weighted by atomic mass is 10.2. The Morgan fingerprint density at radius 1 is 0.962 bits per heavy atom. The van der Waals surface area contributed by atoms with Crippen molar-refractivity contribution in [3.05, 3.63) is 64.7 Å². The van der Waals surface area contributed by atoms with Gasteiger partial charge in [0.25, 0.3) is 0 Å². The van der Waals surface area contributed by atoms with Crippen molar-refractivity contribution in [2.75, 3.05) is 32.5 Å². The molecule has 0 aliphatic carbocycles. The lowest BCUT2D eigenvalue weighted by Gasteiger charge is -2.21. The number of halogens is 1. The van der Waals surface area contributed by atoms with Gasteiger partial charge in [-0.15, -0.1) is 0 Å². The van der Waals surface area contributed by atoms with Gasteiger partial charge in [-0.3, -0.25) is 14.5 Å². The zero-order chi connectivity index (χ0) is 19.1. The van der Waals surface area contributed by atoms with Crippen LogP contribution in [0, 0.1) is 6.92 Å². The molecule has 0 spiro atoms. The molecule has 0 heterocycles. The number of aryl methyl sites for hydroxylation is 1. The molecule has 2 amide bonds. The van der Waals surface area contributed by atoms with Crippen LogP contribution in [-0.2, 0) is 16.1 Å². The Morgan fingerprint density at radius 2 is 1.58 bits per heavy atom. The van der Waals surface area contributed by atoms with Crippen LogP contribution >= 0.6 is 11.6 Å². The monoisotopic (exact) mass is 373 g/mol. The topological polar surface area (TPSA) is 52.7 Å². The van der Waals surface area contributed by atoms with E-state index >= 15 is 0 Å². The second kappa shape index (κ2) is 9.36. The number of hydrogen-bond donors (Lipinski definition) is 1. The molecule has 0 aromatic heterocycles. The van der Waals surface area contributed by atoms with Crippen LogP contribution < -0.4 is 5.32 Å². The van der Waals surface area contributed by atoms with Crippen molar-refractivity contribution < 1.29 is 9.59 Å². The average Bonchev–Trinajstić information content (AvgIpc) is 2.58. The molecule has 1 N–H and O–H groups in total. The Morgan fingerprint density at radius 3 is 2.19 bits per heavy atom. The molecule has 0 unspecified atom stereocenters. The highest BCUT2D eigenvalue weighted by Crippen LogP contribution is 2.11. The van der Waals surface area contributed by atoms with Crippen LogP contribution in [-0.4, -0.2) is 48.8 Å². The minimum atomic E-state index is -0.149. The first kappa shape index (κ1) is 19.9. The fourth-order valence-electron chi connectivity index (χ4n) is 2.44. The minimum absolute atomic E-state index is 0.0504. The molecule has 0 fully saturated rings. The van der Waals surface area contributed by atoms with Crippen LogP contribution in [0.15, 0.2) is 48.5 Å². The maximum atomic E-state index is 12.3. The lowest BCUT2D eigenvalue weighted by molar-refractivity contribution is -0.131. The summed E-state index contributed by atoms with van der Waals surface area (Å²) in [5.74, 6) is -0.199. The van der Waals surface area contributed by atoms with Gasteiger partial charge in [-0.2, -0.15) is 0 Å². The predicted octanol–water partition coefficient (Wildman–Crippen LogP) is 3.18. The van der Waals surface area contributed by atoms with Gasteiger partial charge < -0.3 is 10.2 Å². The van der Waals surface area contributed by atoms with Crippen LogP contribution in [0.2, 0.25) is 5.02 Å². The van der Waals surface area contributed by atoms with Gasteiger partial charge in [0.1, 0.15) is 0 Å². The van der Waals surface area contributed by atoms with E-state index in [0.29, 0.717) is 11.6 Å². The van der Waals surface area contributed by atoms with E-state index in [1.54, 1.807) is 36.0 Å². The van der Waals surface area contributed by atoms with E-state index in [-0.39, 0.29) is 24.9 Å². The molecule has 0 aliphatic rings. The summed E-state index contributed by atoms with van der Waals surface area (Å²) in [7, 11) is 3.50. The third-order valence-electron chi connectivity index (χ3n) is 3.91. The number of rotatable bonds is 7. The second-order valence-corrected chi connectivity index (χ2v) is 6.90. The molecular formula is C20H24ClN3O2. The van der Waals surface area contributed by atoms with E-state index in [9.17, 15) is 9.59 Å². The van der Waals surface area contributed by atoms with E-state index in [4.69, 9.17) is 11.6 Å². The highest BCUT2D eigenvalue weighted by Gasteiger charge is 2.14. The van der Waals surface area contributed by atoms with Crippen molar-refractivity contribution in [1.29, 1.82) is 0 Å². The molecule has 0 bridgehead atoms. The molecule has 0 saturated carbocycles. The summed E-state index contributed by atoms with van der Waals surface area (Å²) in [6.45, 7) is 2.81. The Kier molecular flexibility index (Phi) is 7.18. The third-order valence-corrected chi connectivity index (χ3v) is 4.16. The number of hydrogen-bond acceptors (Lipinski definition) is 3. The van der Waals surface area contributed by atoms with Crippen LogP contribution in [0.5, 0.6) is 0 Å². The Hall–Kier alpha value is -2.37. The first-order valence-electron chi connectivity index (χ1n) is 8.37. The summed E-state index contributed by atoms with van der Waals surface area (Å²) < 4.78 is 0. The summed E-state index contributed by atoms with van der Waals surface area (Å²) in [4.78, 5) is 27.8. The average molecular weight is 374 g/mol. The summed E-state index contributed by atoms with van der Waals surface area (Å²) in [5.41, 5.74) is 2.89. The molecule has 0 aliphatic heterocycles. The summed E-state index contributed by atoms with van der Waals surface area (Å²) >= 11 is 5.87. The van der Waals surface area contributed by atoms with Crippen molar-refractivity contribution in [1.82, 2.24) is 9.80 Å². The largest absolute Gasteiger partial charge is 0.340 e. The van der Waals surface area contributed by atoms with Gasteiger partial charge in [0.15, 0.2) is 0 Å². The van der Waals surface area contributed by atoms with Gasteiger partial charge >= 0.3 is 0 Å². The molecule has 5 nitrogen and oxygen atoms in total. The van der Waals surface area contributed by atoms with E-state index in [0.717, 1.165) is 16.8 Å². The van der Waals surface area contributed by atoms with E-state index < -0.39 is 0 Å². The van der Waals surface area contributed by atoms with Gasteiger partial charge in [-0.05, 0) is 43.8 Å². The van der Waals surface area contributed by atoms with Crippen molar-refractivity contribution in [3.8, 4) is 0 Å². The van der Waals surface area contributed by atoms with Crippen molar-refractivity contribution in [2.24, 2.45) is 0 Å². The number of likely N-dealkylation sites (N-methyl/N-ethyl adjacent to an activating group) is 2. The number of carbonyl (C=O) groups excluding carboxylic acids is 2. The standard InChI is InChI=1S/C20H24ClN3O2/c1-15-4-10-18(11-5-15)22-19(25)13-23(2)14-20(26)24(3)12-16-6-8-17(21)9-7-16/h4-11H,12-14H2,1-3H3,(H,22,25). The zero-order valence-electron chi connectivity index (χ0n) is 15.3. The van der Waals surface area contributed by atoms with Gasteiger partial charge in [0, 0.05) is 24.3 Å². The minimum Gasteiger partial charge on any atom is -0.340 e. The van der Waals surface area contributed by atoms with E-state index in [1.165, 1.54) is 0 Å². The van der Waals surface area contributed by atoms with Gasteiger partial charge in [0.05, 0.1) is 13.1 Å². The third kappa shape index (κ3) is 6.50. The van der Waals surface area contributed by atoms with Gasteiger partial charge in [-0.25, -0.2) is 0 Å². The first-order valence-corrected chi connectivity index (χ1v) is 8.75. The molecule has 26 heavy (non-hydrogen) atoms. The van der Waals surface area contributed by atoms with Gasteiger partial charge in [-0.1, -0.05) is 41.4 Å². The lowest BCUT2D eigenvalue weighted by Crippen LogP contribution is -2.39. The summed E-state index contributed by atoms with van der Waals surface area (Å²) in [6.07, 6.45) is 0. The maximum absolute atomic E-state index is 12.3. The highest BCUT2D eigenvalue weighted by atomic mass is 35.5. The van der Waals surface area contributed by atoms with Crippen molar-refractivity contribution in [2.45, 2.75) is 13.5 Å². The fourth-order valence-corrected chi connectivity index (χ4v) is 2.57. The second-order valence-electron chi connectivity index (χ2n) is 6.46. The van der Waals surface area contributed by atoms with E-state index in [1.807, 2.05) is 43.3 Å². The molecule has 2 rings (SSSR count). The summed E-state index contributed by atoms with van der Waals surface area (Å²) in [6, 6.07) is 15.0. The number of benzene rings is 2. The number of anilines is 1. The van der Waals surface area contributed by atoms with Gasteiger partial charge in [0.2, 0.25) is 11.8 Å². The first-order chi connectivity index (χ1) is 12.3. The molecule has 2 aromatic carbocycles. The number of nitrogens with zero attached hydrogens (tertiary/aromatic N) is 2. The van der Waals surface area contributed by atoms with Crippen LogP contribution in [0.1, 0.15) is 11.1 Å². The van der Waals surface area contributed by atoms with Crippen molar-refractivity contribution in [3.63, 3.8) is 0 Å². The molecule has 0 radical (unpaired) electrons. The predicted molar refractivity (Wildman–Crippen MR) is 105 cm³/mol. The molecule has 138 valence electrons. The Labute approximate surface area is 159 Å². The highest BCUT2D eigenvalue weighted by molar-refractivity contribution is 6.30. The molecular weight excluding hydrogens is 350 g/mol. The summed E-state index contributed by atoms with van der Waals surface area (Å²) in [5, 5.41) is 3.50. The molecule has 0 saturated heterocycles. The normalized spacial score (nSPS) is 10.7. The number of amides is 2. The van der Waals surface area contributed by atoms with Crippen molar-refractivity contribution >= 4 is 29.1 Å².